The second-order valence-electron chi connectivity index (χ2n) is 6.69. The molecule has 0 spiro atoms. The maximum Gasteiger partial charge on any atom is 0.317 e. The highest BCUT2D eigenvalue weighted by atomic mass is 32.2. The minimum Gasteiger partial charge on any atom is -0.468 e. The molecular weight excluding hydrogens is 374 g/mol. The zero-order valence-corrected chi connectivity index (χ0v) is 17.3. The van der Waals surface area contributed by atoms with E-state index in [0.29, 0.717) is 0 Å². The van der Waals surface area contributed by atoms with Crippen LogP contribution < -0.4 is 4.72 Å². The van der Waals surface area contributed by atoms with Crippen molar-refractivity contribution >= 4 is 16.0 Å². The zero-order chi connectivity index (χ0) is 20.7. The van der Waals surface area contributed by atoms with E-state index in [1.807, 2.05) is 45.0 Å². The lowest BCUT2D eigenvalue weighted by atomic mass is 9.95. The van der Waals surface area contributed by atoms with Crippen molar-refractivity contribution in [1.82, 2.24) is 4.72 Å². The molecule has 0 heterocycles. The minimum atomic E-state index is -3.73. The number of aryl methyl sites for hydroxylation is 2. The Bertz CT molecular complexity index is 968. The fourth-order valence-electron chi connectivity index (χ4n) is 2.62. The van der Waals surface area contributed by atoms with Gasteiger partial charge in [-0.3, -0.25) is 4.79 Å². The van der Waals surface area contributed by atoms with Gasteiger partial charge < -0.3 is 4.74 Å². The van der Waals surface area contributed by atoms with Crippen LogP contribution in [-0.4, -0.2) is 21.5 Å². The van der Waals surface area contributed by atoms with Crippen LogP contribution in [0.2, 0.25) is 0 Å². The first-order chi connectivity index (χ1) is 13.2. The van der Waals surface area contributed by atoms with Crippen molar-refractivity contribution in [2.45, 2.75) is 38.1 Å². The van der Waals surface area contributed by atoms with E-state index in [0.717, 1.165) is 16.7 Å². The third-order valence-electron chi connectivity index (χ3n) is 4.34. The van der Waals surface area contributed by atoms with Crippen molar-refractivity contribution in [2.24, 2.45) is 5.92 Å². The molecule has 2 aromatic rings. The summed E-state index contributed by atoms with van der Waals surface area (Å²) in [6, 6.07) is 13.7. The highest BCUT2D eigenvalue weighted by Gasteiger charge is 2.25. The SMILES string of the molecule is COC(=O)CC#C[C@H](C)[C@@H](NS(=O)(=O)c1ccc(C)cc1)c1ccc(C)cc1. The Morgan fingerprint density at radius 2 is 1.57 bits per heavy atom. The van der Waals surface area contributed by atoms with Gasteiger partial charge in [0.2, 0.25) is 10.0 Å². The summed E-state index contributed by atoms with van der Waals surface area (Å²) < 4.78 is 33.1. The molecule has 148 valence electrons. The average Bonchev–Trinajstić information content (AvgIpc) is 2.67. The molecule has 0 aliphatic carbocycles. The summed E-state index contributed by atoms with van der Waals surface area (Å²) in [5.41, 5.74) is 2.87. The smallest absolute Gasteiger partial charge is 0.317 e. The fourth-order valence-corrected chi connectivity index (χ4v) is 3.93. The summed E-state index contributed by atoms with van der Waals surface area (Å²) in [5.74, 6) is 4.96. The summed E-state index contributed by atoms with van der Waals surface area (Å²) >= 11 is 0. The van der Waals surface area contributed by atoms with Crippen LogP contribution in [0.15, 0.2) is 53.4 Å². The maximum atomic E-state index is 12.9. The van der Waals surface area contributed by atoms with Crippen molar-refractivity contribution in [2.75, 3.05) is 7.11 Å². The second-order valence-corrected chi connectivity index (χ2v) is 8.40. The number of benzene rings is 2. The Balaban J connectivity index is 2.33. The molecule has 28 heavy (non-hydrogen) atoms. The third kappa shape index (κ3) is 5.95. The van der Waals surface area contributed by atoms with Crippen LogP contribution in [0.25, 0.3) is 0 Å². The Morgan fingerprint density at radius 3 is 2.11 bits per heavy atom. The number of nitrogens with one attached hydrogen (secondary N) is 1. The number of esters is 1. The van der Waals surface area contributed by atoms with E-state index in [1.54, 1.807) is 24.3 Å². The lowest BCUT2D eigenvalue weighted by Crippen LogP contribution is -2.32. The molecule has 2 atom stereocenters. The van der Waals surface area contributed by atoms with E-state index in [-0.39, 0.29) is 17.2 Å². The topological polar surface area (TPSA) is 72.5 Å². The van der Waals surface area contributed by atoms with E-state index in [9.17, 15) is 13.2 Å². The van der Waals surface area contributed by atoms with Gasteiger partial charge in [-0.15, -0.1) is 0 Å². The van der Waals surface area contributed by atoms with Gasteiger partial charge in [-0.2, -0.15) is 0 Å². The van der Waals surface area contributed by atoms with Gasteiger partial charge in [0.1, 0.15) is 6.42 Å². The van der Waals surface area contributed by atoms with E-state index in [2.05, 4.69) is 21.3 Å². The number of ether oxygens (including phenoxy) is 1. The molecule has 0 bridgehead atoms. The second kappa shape index (κ2) is 9.54. The highest BCUT2D eigenvalue weighted by Crippen LogP contribution is 2.25. The van der Waals surface area contributed by atoms with Crippen molar-refractivity contribution in [3.8, 4) is 11.8 Å². The molecule has 2 aromatic carbocycles. The van der Waals surface area contributed by atoms with Crippen LogP contribution in [-0.2, 0) is 19.6 Å². The minimum absolute atomic E-state index is 0.0355. The number of hydrogen-bond donors (Lipinski definition) is 1. The number of sulfonamides is 1. The average molecular weight is 400 g/mol. The molecular formula is C22H25NO4S. The van der Waals surface area contributed by atoms with E-state index < -0.39 is 22.0 Å². The quantitative estimate of drug-likeness (QED) is 0.596. The van der Waals surface area contributed by atoms with Crippen molar-refractivity contribution in [3.05, 3.63) is 65.2 Å². The van der Waals surface area contributed by atoms with Crippen molar-refractivity contribution in [1.29, 1.82) is 0 Å². The van der Waals surface area contributed by atoms with Gasteiger partial charge in [-0.05, 0) is 38.5 Å². The van der Waals surface area contributed by atoms with E-state index >= 15 is 0 Å². The molecule has 0 amide bonds. The van der Waals surface area contributed by atoms with Gasteiger partial charge in [-0.1, -0.05) is 59.4 Å². The zero-order valence-electron chi connectivity index (χ0n) is 16.5. The van der Waals surface area contributed by atoms with Crippen LogP contribution in [0.3, 0.4) is 0 Å². The van der Waals surface area contributed by atoms with Crippen molar-refractivity contribution in [3.63, 3.8) is 0 Å². The Hall–Kier alpha value is -2.62. The van der Waals surface area contributed by atoms with Crippen LogP contribution in [0, 0.1) is 31.6 Å². The molecule has 0 unspecified atom stereocenters. The Labute approximate surface area is 167 Å². The standard InChI is InChI=1S/C22H25NO4S/c1-16-8-12-19(13-9-16)22(18(3)6-5-7-21(24)27-4)23-28(25,26)20-14-10-17(2)11-15-20/h8-15,18,22-23H,7H2,1-4H3/t18-,22+/m0/s1. The Morgan fingerprint density at radius 1 is 1.04 bits per heavy atom. The van der Waals surface area contributed by atoms with Gasteiger partial charge in [0, 0.05) is 5.92 Å². The molecule has 2 rings (SSSR count). The summed E-state index contributed by atoms with van der Waals surface area (Å²) in [7, 11) is -2.43. The molecule has 0 aromatic heterocycles. The number of hydrogen-bond acceptors (Lipinski definition) is 4. The van der Waals surface area contributed by atoms with Gasteiger partial charge in [0.15, 0.2) is 0 Å². The van der Waals surface area contributed by atoms with Gasteiger partial charge in [-0.25, -0.2) is 13.1 Å². The van der Waals surface area contributed by atoms with Crippen LogP contribution in [0.4, 0.5) is 0 Å². The predicted molar refractivity (Wildman–Crippen MR) is 109 cm³/mol. The summed E-state index contributed by atoms with van der Waals surface area (Å²) in [5, 5.41) is 0. The van der Waals surface area contributed by atoms with Crippen LogP contribution >= 0.6 is 0 Å². The van der Waals surface area contributed by atoms with Gasteiger partial charge in [0.25, 0.3) is 0 Å². The molecule has 1 N–H and O–H groups in total. The van der Waals surface area contributed by atoms with Gasteiger partial charge >= 0.3 is 5.97 Å². The molecule has 0 radical (unpaired) electrons. The molecule has 0 saturated heterocycles. The highest BCUT2D eigenvalue weighted by molar-refractivity contribution is 7.89. The molecule has 5 nitrogen and oxygen atoms in total. The number of carbonyl (C=O) groups excluding carboxylic acids is 1. The van der Waals surface area contributed by atoms with Gasteiger partial charge in [0.05, 0.1) is 18.0 Å². The molecule has 0 saturated carbocycles. The number of methoxy groups -OCH3 is 1. The lowest BCUT2D eigenvalue weighted by molar-refractivity contribution is -0.139. The first-order valence-corrected chi connectivity index (χ1v) is 10.4. The summed E-state index contributed by atoms with van der Waals surface area (Å²) in [4.78, 5) is 11.5. The van der Waals surface area contributed by atoms with E-state index in [1.165, 1.54) is 7.11 Å². The van der Waals surface area contributed by atoms with Crippen LogP contribution in [0.1, 0.15) is 36.1 Å². The predicted octanol–water partition coefficient (Wildman–Crippen LogP) is 3.53. The Kier molecular flexibility index (Phi) is 7.38. The monoisotopic (exact) mass is 399 g/mol. The molecule has 0 aliphatic heterocycles. The first-order valence-electron chi connectivity index (χ1n) is 8.93. The molecule has 6 heteroatoms. The number of rotatable bonds is 6. The molecule has 0 fully saturated rings. The maximum absolute atomic E-state index is 12.9. The van der Waals surface area contributed by atoms with E-state index in [4.69, 9.17) is 0 Å². The molecule has 0 aliphatic rings. The van der Waals surface area contributed by atoms with Crippen LogP contribution in [0.5, 0.6) is 0 Å². The van der Waals surface area contributed by atoms with Crippen molar-refractivity contribution < 1.29 is 17.9 Å². The summed E-state index contributed by atoms with van der Waals surface area (Å²) in [6.45, 7) is 5.69. The largest absolute Gasteiger partial charge is 0.468 e. The number of carbonyl (C=O) groups is 1. The fraction of sp³-hybridized carbons (Fsp3) is 0.318. The normalized spacial score (nSPS) is 13.1. The lowest BCUT2D eigenvalue weighted by Gasteiger charge is -2.22. The third-order valence-corrected chi connectivity index (χ3v) is 5.80. The summed E-state index contributed by atoms with van der Waals surface area (Å²) in [6.07, 6.45) is -0.0355. The first kappa shape index (κ1) is 21.7.